The highest BCUT2D eigenvalue weighted by Crippen LogP contribution is 2.26. The molecule has 19 heavy (non-hydrogen) atoms. The van der Waals surface area contributed by atoms with Gasteiger partial charge in [-0.25, -0.2) is 0 Å². The van der Waals surface area contributed by atoms with Crippen LogP contribution in [0.1, 0.15) is 38.7 Å². The maximum atomic E-state index is 3.68. The Hall–Kier alpha value is -0.540. The molecule has 2 rings (SSSR count). The standard InChI is InChI=1S/C16H25BrN2/c1-3-6-15-12-19(10-5-9-18-15)16-8-7-14(17)11-13(16)4-2/h7-8,11,15,18H,3-6,9-10,12H2,1-2H3. The summed E-state index contributed by atoms with van der Waals surface area (Å²) in [6.45, 7) is 7.97. The summed E-state index contributed by atoms with van der Waals surface area (Å²) in [6.07, 6.45) is 4.86. The molecule has 1 fully saturated rings. The lowest BCUT2D eigenvalue weighted by Gasteiger charge is -2.28. The maximum absolute atomic E-state index is 3.68. The lowest BCUT2D eigenvalue weighted by molar-refractivity contribution is 0.502. The van der Waals surface area contributed by atoms with Crippen molar-refractivity contribution in [3.05, 3.63) is 28.2 Å². The third-order valence-electron chi connectivity index (χ3n) is 3.88. The van der Waals surface area contributed by atoms with E-state index in [2.05, 4.69) is 58.2 Å². The van der Waals surface area contributed by atoms with E-state index >= 15 is 0 Å². The summed E-state index contributed by atoms with van der Waals surface area (Å²) in [5.74, 6) is 0. The van der Waals surface area contributed by atoms with Crippen molar-refractivity contribution in [2.45, 2.75) is 45.6 Å². The average Bonchev–Trinajstić information content (AvgIpc) is 2.64. The molecule has 2 nitrogen and oxygen atoms in total. The molecule has 0 bridgehead atoms. The van der Waals surface area contributed by atoms with Gasteiger partial charge in [-0.2, -0.15) is 0 Å². The molecule has 1 N–H and O–H groups in total. The highest BCUT2D eigenvalue weighted by atomic mass is 79.9. The molecule has 1 unspecified atom stereocenters. The van der Waals surface area contributed by atoms with Gasteiger partial charge in [-0.1, -0.05) is 36.2 Å². The zero-order chi connectivity index (χ0) is 13.7. The Morgan fingerprint density at radius 2 is 2.21 bits per heavy atom. The van der Waals surface area contributed by atoms with Crippen molar-refractivity contribution in [3.8, 4) is 0 Å². The van der Waals surface area contributed by atoms with E-state index in [1.165, 1.54) is 41.5 Å². The second-order valence-electron chi connectivity index (χ2n) is 5.37. The molecule has 0 saturated carbocycles. The number of hydrogen-bond donors (Lipinski definition) is 1. The Balaban J connectivity index is 2.18. The van der Waals surface area contributed by atoms with Crippen LogP contribution in [0.25, 0.3) is 0 Å². The molecule has 0 aromatic heterocycles. The molecule has 0 radical (unpaired) electrons. The minimum Gasteiger partial charge on any atom is -0.370 e. The van der Waals surface area contributed by atoms with E-state index in [9.17, 15) is 0 Å². The molecule has 3 heteroatoms. The maximum Gasteiger partial charge on any atom is 0.0399 e. The quantitative estimate of drug-likeness (QED) is 0.901. The van der Waals surface area contributed by atoms with Gasteiger partial charge in [-0.05, 0) is 49.6 Å². The predicted molar refractivity (Wildman–Crippen MR) is 87.0 cm³/mol. The second-order valence-corrected chi connectivity index (χ2v) is 6.28. The molecule has 1 aromatic rings. The molecule has 1 aliphatic rings. The van der Waals surface area contributed by atoms with E-state index in [0.29, 0.717) is 6.04 Å². The topological polar surface area (TPSA) is 15.3 Å². The first-order valence-electron chi connectivity index (χ1n) is 7.51. The third-order valence-corrected chi connectivity index (χ3v) is 4.37. The number of anilines is 1. The average molecular weight is 325 g/mol. The van der Waals surface area contributed by atoms with Gasteiger partial charge in [0.05, 0.1) is 0 Å². The number of hydrogen-bond acceptors (Lipinski definition) is 2. The van der Waals surface area contributed by atoms with Crippen LogP contribution in [0, 0.1) is 0 Å². The van der Waals surface area contributed by atoms with Gasteiger partial charge in [0.2, 0.25) is 0 Å². The first kappa shape index (κ1) is 14.9. The first-order valence-corrected chi connectivity index (χ1v) is 8.30. The minimum absolute atomic E-state index is 0.640. The summed E-state index contributed by atoms with van der Waals surface area (Å²) in [5, 5.41) is 3.68. The normalized spacial score (nSPS) is 20.4. The van der Waals surface area contributed by atoms with Crippen LogP contribution in [-0.4, -0.2) is 25.7 Å². The van der Waals surface area contributed by atoms with Gasteiger partial charge in [-0.15, -0.1) is 0 Å². The van der Waals surface area contributed by atoms with Gasteiger partial charge in [-0.3, -0.25) is 0 Å². The van der Waals surface area contributed by atoms with E-state index in [-0.39, 0.29) is 0 Å². The third kappa shape index (κ3) is 3.96. The van der Waals surface area contributed by atoms with Gasteiger partial charge in [0.1, 0.15) is 0 Å². The smallest absolute Gasteiger partial charge is 0.0399 e. The van der Waals surface area contributed by atoms with Crippen molar-refractivity contribution in [2.24, 2.45) is 0 Å². The van der Waals surface area contributed by atoms with Crippen LogP contribution < -0.4 is 10.2 Å². The van der Waals surface area contributed by atoms with Crippen molar-refractivity contribution in [3.63, 3.8) is 0 Å². The molecule has 0 aliphatic carbocycles. The van der Waals surface area contributed by atoms with Crippen molar-refractivity contribution >= 4 is 21.6 Å². The molecule has 1 atom stereocenters. The zero-order valence-electron chi connectivity index (χ0n) is 12.1. The Morgan fingerprint density at radius 1 is 1.37 bits per heavy atom. The fourth-order valence-electron chi connectivity index (χ4n) is 2.90. The summed E-state index contributed by atoms with van der Waals surface area (Å²) in [6, 6.07) is 7.35. The molecule has 1 saturated heterocycles. The Kier molecular flexibility index (Phi) is 5.71. The Morgan fingerprint density at radius 3 is 2.95 bits per heavy atom. The Bertz CT molecular complexity index is 406. The number of rotatable bonds is 4. The van der Waals surface area contributed by atoms with E-state index in [1.807, 2.05) is 0 Å². The largest absolute Gasteiger partial charge is 0.370 e. The molecular weight excluding hydrogens is 300 g/mol. The highest BCUT2D eigenvalue weighted by Gasteiger charge is 2.18. The summed E-state index contributed by atoms with van der Waals surface area (Å²) < 4.78 is 1.19. The van der Waals surface area contributed by atoms with E-state index in [4.69, 9.17) is 0 Å². The van der Waals surface area contributed by atoms with Crippen LogP contribution in [0.2, 0.25) is 0 Å². The van der Waals surface area contributed by atoms with Crippen molar-refractivity contribution < 1.29 is 0 Å². The first-order chi connectivity index (χ1) is 9.24. The fraction of sp³-hybridized carbons (Fsp3) is 0.625. The fourth-order valence-corrected chi connectivity index (χ4v) is 3.31. The number of aryl methyl sites for hydroxylation is 1. The van der Waals surface area contributed by atoms with Crippen LogP contribution in [0.3, 0.4) is 0 Å². The van der Waals surface area contributed by atoms with E-state index in [1.54, 1.807) is 0 Å². The predicted octanol–water partition coefficient (Wildman–Crippen LogP) is 3.98. The van der Waals surface area contributed by atoms with Gasteiger partial charge in [0, 0.05) is 29.3 Å². The molecule has 0 spiro atoms. The molecule has 1 heterocycles. The van der Waals surface area contributed by atoms with Crippen LogP contribution in [-0.2, 0) is 6.42 Å². The Labute approximate surface area is 125 Å². The van der Waals surface area contributed by atoms with Crippen molar-refractivity contribution in [1.82, 2.24) is 5.32 Å². The van der Waals surface area contributed by atoms with Crippen LogP contribution in [0.15, 0.2) is 22.7 Å². The van der Waals surface area contributed by atoms with Crippen LogP contribution in [0.4, 0.5) is 5.69 Å². The number of benzene rings is 1. The van der Waals surface area contributed by atoms with Gasteiger partial charge < -0.3 is 10.2 Å². The number of halogens is 1. The number of nitrogens with zero attached hydrogens (tertiary/aromatic N) is 1. The van der Waals surface area contributed by atoms with Gasteiger partial charge in [0.25, 0.3) is 0 Å². The molecular formula is C16H25BrN2. The van der Waals surface area contributed by atoms with Crippen molar-refractivity contribution in [1.29, 1.82) is 0 Å². The monoisotopic (exact) mass is 324 g/mol. The highest BCUT2D eigenvalue weighted by molar-refractivity contribution is 9.10. The molecule has 1 aromatic carbocycles. The van der Waals surface area contributed by atoms with E-state index < -0.39 is 0 Å². The SMILES string of the molecule is CCCC1CN(c2ccc(Br)cc2CC)CCCN1. The summed E-state index contributed by atoms with van der Waals surface area (Å²) >= 11 is 3.58. The summed E-state index contributed by atoms with van der Waals surface area (Å²) in [7, 11) is 0. The molecule has 1 aliphatic heterocycles. The zero-order valence-corrected chi connectivity index (χ0v) is 13.7. The minimum atomic E-state index is 0.640. The van der Waals surface area contributed by atoms with Gasteiger partial charge in [0.15, 0.2) is 0 Å². The molecule has 0 amide bonds. The van der Waals surface area contributed by atoms with Gasteiger partial charge >= 0.3 is 0 Å². The lowest BCUT2D eigenvalue weighted by Crippen LogP contribution is -2.37. The lowest BCUT2D eigenvalue weighted by atomic mass is 10.1. The number of nitrogens with one attached hydrogen (secondary N) is 1. The van der Waals surface area contributed by atoms with Crippen LogP contribution >= 0.6 is 15.9 Å². The molecule has 106 valence electrons. The van der Waals surface area contributed by atoms with Crippen molar-refractivity contribution in [2.75, 3.05) is 24.5 Å². The van der Waals surface area contributed by atoms with E-state index in [0.717, 1.165) is 19.5 Å². The summed E-state index contributed by atoms with van der Waals surface area (Å²) in [5.41, 5.74) is 2.88. The summed E-state index contributed by atoms with van der Waals surface area (Å²) in [4.78, 5) is 2.58. The second kappa shape index (κ2) is 7.30. The van der Waals surface area contributed by atoms with Crippen LogP contribution in [0.5, 0.6) is 0 Å².